The average Bonchev–Trinajstić information content (AvgIpc) is 3.15. The van der Waals surface area contributed by atoms with E-state index >= 15 is 0 Å². The first kappa shape index (κ1) is 23.8. The summed E-state index contributed by atoms with van der Waals surface area (Å²) < 4.78 is 0. The third kappa shape index (κ3) is 4.78. The molecule has 2 aromatic carbocycles. The van der Waals surface area contributed by atoms with Gasteiger partial charge in [0.15, 0.2) is 0 Å². The minimum Gasteiger partial charge on any atom is -0.335 e. The second-order valence-electron chi connectivity index (χ2n) is 10.6. The number of hydrogen-bond acceptors (Lipinski definition) is 3. The summed E-state index contributed by atoms with van der Waals surface area (Å²) in [6, 6.07) is 14.6. The molecule has 0 aromatic heterocycles. The van der Waals surface area contributed by atoms with E-state index in [9.17, 15) is 14.4 Å². The normalized spacial score (nSPS) is 20.1. The van der Waals surface area contributed by atoms with Crippen molar-refractivity contribution in [1.82, 2.24) is 9.80 Å². The fraction of sp³-hybridized carbons (Fsp3) is 0.500. The van der Waals surface area contributed by atoms with Crippen molar-refractivity contribution < 1.29 is 14.4 Å². The summed E-state index contributed by atoms with van der Waals surface area (Å²) >= 11 is 0. The van der Waals surface area contributed by atoms with Crippen LogP contribution in [0.2, 0.25) is 0 Å². The molecule has 1 aliphatic heterocycles. The number of imide groups is 1. The molecule has 5 heteroatoms. The van der Waals surface area contributed by atoms with Gasteiger partial charge in [0.05, 0.1) is 11.1 Å². The van der Waals surface area contributed by atoms with Crippen molar-refractivity contribution in [2.24, 2.45) is 0 Å². The van der Waals surface area contributed by atoms with Gasteiger partial charge in [-0.2, -0.15) is 0 Å². The number of rotatable bonds is 6. The van der Waals surface area contributed by atoms with E-state index in [1.807, 2.05) is 31.2 Å². The molecule has 5 rings (SSSR count). The van der Waals surface area contributed by atoms with Crippen LogP contribution in [0.4, 0.5) is 0 Å². The number of carbonyl (C=O) groups is 3. The minimum atomic E-state index is -0.825. The zero-order valence-corrected chi connectivity index (χ0v) is 20.7. The zero-order valence-electron chi connectivity index (χ0n) is 20.7. The number of aryl methyl sites for hydroxylation is 1. The molecule has 0 spiro atoms. The first-order valence-electron chi connectivity index (χ1n) is 13.4. The van der Waals surface area contributed by atoms with E-state index in [0.29, 0.717) is 17.5 Å². The summed E-state index contributed by atoms with van der Waals surface area (Å²) in [6.45, 7) is 2.03. The van der Waals surface area contributed by atoms with Gasteiger partial charge in [0.25, 0.3) is 11.8 Å². The van der Waals surface area contributed by atoms with E-state index in [4.69, 9.17) is 0 Å². The molecular weight excluding hydrogens is 436 g/mol. The lowest BCUT2D eigenvalue weighted by molar-refractivity contribution is -0.142. The smallest absolute Gasteiger partial charge is 0.262 e. The van der Waals surface area contributed by atoms with Crippen molar-refractivity contribution in [3.05, 3.63) is 70.8 Å². The maximum atomic E-state index is 14.5. The largest absolute Gasteiger partial charge is 0.335 e. The van der Waals surface area contributed by atoms with Crippen LogP contribution in [0, 0.1) is 6.92 Å². The Morgan fingerprint density at radius 2 is 1.29 bits per heavy atom. The summed E-state index contributed by atoms with van der Waals surface area (Å²) in [5.74, 6) is -0.731. The Balaban J connectivity index is 1.52. The SMILES string of the molecule is Cc1ccc(C[C@H](C(=O)N(C2CCCCC2)C2CCCCC2)N2C(=O)c3ccccc3C2=O)cc1. The molecule has 1 atom stereocenters. The van der Waals surface area contributed by atoms with Gasteiger partial charge in [-0.1, -0.05) is 80.5 Å². The van der Waals surface area contributed by atoms with Gasteiger partial charge in [-0.15, -0.1) is 0 Å². The third-order valence-electron chi connectivity index (χ3n) is 8.16. The number of nitrogens with zero attached hydrogens (tertiary/aromatic N) is 2. The Bertz CT molecular complexity index is 1030. The van der Waals surface area contributed by atoms with Crippen molar-refractivity contribution in [2.75, 3.05) is 0 Å². The van der Waals surface area contributed by atoms with Gasteiger partial charge in [0.2, 0.25) is 5.91 Å². The number of carbonyl (C=O) groups excluding carboxylic acids is 3. The average molecular weight is 473 g/mol. The summed E-state index contributed by atoms with van der Waals surface area (Å²) in [5, 5.41) is 0. The Morgan fingerprint density at radius 3 is 1.77 bits per heavy atom. The minimum absolute atomic E-state index is 0.0427. The summed E-state index contributed by atoms with van der Waals surface area (Å²) in [4.78, 5) is 44.9. The number of amides is 3. The third-order valence-corrected chi connectivity index (χ3v) is 8.16. The Labute approximate surface area is 208 Å². The fourth-order valence-electron chi connectivity index (χ4n) is 6.28. The van der Waals surface area contributed by atoms with Crippen LogP contribution < -0.4 is 0 Å². The molecule has 2 aromatic rings. The van der Waals surface area contributed by atoms with E-state index in [1.165, 1.54) is 17.7 Å². The van der Waals surface area contributed by atoms with E-state index in [-0.39, 0.29) is 29.8 Å². The summed E-state index contributed by atoms with van der Waals surface area (Å²) in [7, 11) is 0. The van der Waals surface area contributed by atoms with Crippen LogP contribution in [0.5, 0.6) is 0 Å². The highest BCUT2D eigenvalue weighted by molar-refractivity contribution is 6.22. The van der Waals surface area contributed by atoms with E-state index < -0.39 is 6.04 Å². The van der Waals surface area contributed by atoms with Gasteiger partial charge < -0.3 is 4.90 Å². The summed E-state index contributed by atoms with van der Waals surface area (Å²) in [6.07, 6.45) is 11.4. The molecule has 2 aliphatic carbocycles. The van der Waals surface area contributed by atoms with Crippen molar-refractivity contribution in [2.45, 2.75) is 95.7 Å². The van der Waals surface area contributed by atoms with E-state index in [2.05, 4.69) is 4.90 Å². The predicted molar refractivity (Wildman–Crippen MR) is 136 cm³/mol. The lowest BCUT2D eigenvalue weighted by atomic mass is 9.87. The summed E-state index contributed by atoms with van der Waals surface area (Å²) in [5.41, 5.74) is 2.92. The van der Waals surface area contributed by atoms with Gasteiger partial charge in [-0.05, 0) is 50.3 Å². The number of fused-ring (bicyclic) bond motifs is 1. The molecule has 5 nitrogen and oxygen atoms in total. The van der Waals surface area contributed by atoms with Crippen LogP contribution in [0.15, 0.2) is 48.5 Å². The molecule has 3 aliphatic rings. The molecule has 184 valence electrons. The molecular formula is C30H36N2O3. The zero-order chi connectivity index (χ0) is 24.4. The highest BCUT2D eigenvalue weighted by atomic mass is 16.2. The van der Waals surface area contributed by atoms with Crippen molar-refractivity contribution in [1.29, 1.82) is 0 Å². The molecule has 1 heterocycles. The van der Waals surface area contributed by atoms with Gasteiger partial charge in [0.1, 0.15) is 6.04 Å². The Kier molecular flexibility index (Phi) is 7.03. The van der Waals surface area contributed by atoms with Crippen molar-refractivity contribution >= 4 is 17.7 Å². The lowest BCUT2D eigenvalue weighted by Gasteiger charge is -2.44. The van der Waals surface area contributed by atoms with Crippen LogP contribution in [0.25, 0.3) is 0 Å². The fourth-order valence-corrected chi connectivity index (χ4v) is 6.28. The van der Waals surface area contributed by atoms with Gasteiger partial charge in [0, 0.05) is 18.5 Å². The van der Waals surface area contributed by atoms with Crippen molar-refractivity contribution in [3.63, 3.8) is 0 Å². The molecule has 2 saturated carbocycles. The van der Waals surface area contributed by atoms with Gasteiger partial charge in [-0.3, -0.25) is 19.3 Å². The monoisotopic (exact) mass is 472 g/mol. The second-order valence-corrected chi connectivity index (χ2v) is 10.6. The van der Waals surface area contributed by atoms with Gasteiger partial charge in [-0.25, -0.2) is 0 Å². The van der Waals surface area contributed by atoms with E-state index in [1.54, 1.807) is 24.3 Å². The second kappa shape index (κ2) is 10.3. The lowest BCUT2D eigenvalue weighted by Crippen LogP contribution is -2.58. The van der Waals surface area contributed by atoms with Crippen molar-refractivity contribution in [3.8, 4) is 0 Å². The quantitative estimate of drug-likeness (QED) is 0.507. The maximum Gasteiger partial charge on any atom is 0.262 e. The Hall–Kier alpha value is -2.95. The van der Waals surface area contributed by atoms with Crippen LogP contribution in [0.1, 0.15) is 96.1 Å². The predicted octanol–water partition coefficient (Wildman–Crippen LogP) is 5.70. The first-order valence-corrected chi connectivity index (χ1v) is 13.4. The maximum absolute atomic E-state index is 14.5. The first-order chi connectivity index (χ1) is 17.0. The standard InChI is InChI=1S/C30H36N2O3/c1-21-16-18-22(19-17-21)20-27(32-28(33)25-14-8-9-15-26(25)29(32)34)30(35)31(23-10-4-2-5-11-23)24-12-6-3-7-13-24/h8-9,14-19,23-24,27H,2-7,10-13,20H2,1H3/t27-/m1/s1. The highest BCUT2D eigenvalue weighted by Gasteiger charge is 2.46. The molecule has 35 heavy (non-hydrogen) atoms. The number of hydrogen-bond donors (Lipinski definition) is 0. The van der Waals surface area contributed by atoms with Crippen LogP contribution in [-0.4, -0.2) is 45.6 Å². The topological polar surface area (TPSA) is 57.7 Å². The highest BCUT2D eigenvalue weighted by Crippen LogP contribution is 2.33. The van der Waals surface area contributed by atoms with Crippen LogP contribution in [0.3, 0.4) is 0 Å². The molecule has 0 radical (unpaired) electrons. The molecule has 2 fully saturated rings. The molecule has 0 unspecified atom stereocenters. The molecule has 0 bridgehead atoms. The molecule has 0 N–H and O–H groups in total. The molecule has 3 amide bonds. The van der Waals surface area contributed by atoms with Gasteiger partial charge >= 0.3 is 0 Å². The van der Waals surface area contributed by atoms with E-state index in [0.717, 1.165) is 62.5 Å². The Morgan fingerprint density at radius 1 is 0.800 bits per heavy atom. The van der Waals surface area contributed by atoms with Crippen LogP contribution in [-0.2, 0) is 11.2 Å². The van der Waals surface area contributed by atoms with Crippen LogP contribution >= 0.6 is 0 Å². The molecule has 0 saturated heterocycles. The number of benzene rings is 2.